The number of fused-ring (bicyclic) bond motifs is 1. The van der Waals surface area contributed by atoms with Crippen LogP contribution in [-0.2, 0) is 0 Å². The first-order valence-corrected chi connectivity index (χ1v) is 7.30. The Balaban J connectivity index is 2.08. The van der Waals surface area contributed by atoms with Crippen molar-refractivity contribution in [1.82, 2.24) is 0 Å². The molecule has 0 spiro atoms. The summed E-state index contributed by atoms with van der Waals surface area (Å²) in [7, 11) is 0. The fraction of sp³-hybridized carbons (Fsp3) is 0.111. The molecular formula is C18H14ClNO2. The average Bonchev–Trinajstić information content (AvgIpc) is 2.53. The van der Waals surface area contributed by atoms with Crippen LogP contribution in [-0.4, -0.2) is 11.6 Å². The summed E-state index contributed by atoms with van der Waals surface area (Å²) in [6.07, 6.45) is 0. The SMILES string of the molecule is Cc1cccc(NC2=C(Cl)C(=O)c3ccccc3C2=O)c1C. The van der Waals surface area contributed by atoms with E-state index in [-0.39, 0.29) is 22.3 Å². The summed E-state index contributed by atoms with van der Waals surface area (Å²) in [5.41, 5.74) is 3.75. The van der Waals surface area contributed by atoms with Crippen LogP contribution < -0.4 is 5.32 Å². The first kappa shape index (κ1) is 14.5. The number of carbonyl (C=O) groups is 2. The fourth-order valence-electron chi connectivity index (χ4n) is 2.48. The summed E-state index contributed by atoms with van der Waals surface area (Å²) in [6.45, 7) is 3.94. The molecular weight excluding hydrogens is 298 g/mol. The van der Waals surface area contributed by atoms with Crippen LogP contribution in [0.5, 0.6) is 0 Å². The zero-order valence-electron chi connectivity index (χ0n) is 12.2. The maximum absolute atomic E-state index is 12.6. The molecule has 0 saturated heterocycles. The lowest BCUT2D eigenvalue weighted by Gasteiger charge is -2.20. The van der Waals surface area contributed by atoms with Crippen LogP contribution in [0.25, 0.3) is 0 Å². The van der Waals surface area contributed by atoms with Gasteiger partial charge in [0.1, 0.15) is 10.7 Å². The van der Waals surface area contributed by atoms with E-state index in [1.165, 1.54) is 0 Å². The van der Waals surface area contributed by atoms with Gasteiger partial charge in [0, 0.05) is 16.8 Å². The van der Waals surface area contributed by atoms with Gasteiger partial charge in [-0.3, -0.25) is 9.59 Å². The minimum absolute atomic E-state index is 0.0652. The van der Waals surface area contributed by atoms with Crippen molar-refractivity contribution < 1.29 is 9.59 Å². The van der Waals surface area contributed by atoms with Crippen LogP contribution >= 0.6 is 11.6 Å². The summed E-state index contributed by atoms with van der Waals surface area (Å²) in [5, 5.41) is 2.97. The summed E-state index contributed by atoms with van der Waals surface area (Å²) in [5.74, 6) is -0.592. The average molecular weight is 312 g/mol. The van der Waals surface area contributed by atoms with E-state index >= 15 is 0 Å². The van der Waals surface area contributed by atoms with Crippen molar-refractivity contribution in [3.63, 3.8) is 0 Å². The summed E-state index contributed by atoms with van der Waals surface area (Å²) >= 11 is 6.14. The van der Waals surface area contributed by atoms with E-state index in [1.54, 1.807) is 24.3 Å². The predicted octanol–water partition coefficient (Wildman–Crippen LogP) is 4.24. The molecule has 1 N–H and O–H groups in total. The molecule has 3 rings (SSSR count). The molecule has 0 fully saturated rings. The van der Waals surface area contributed by atoms with Gasteiger partial charge in [-0.1, -0.05) is 48.0 Å². The maximum Gasteiger partial charge on any atom is 0.211 e. The highest BCUT2D eigenvalue weighted by Crippen LogP contribution is 2.30. The van der Waals surface area contributed by atoms with Gasteiger partial charge in [-0.25, -0.2) is 0 Å². The van der Waals surface area contributed by atoms with Crippen molar-refractivity contribution >= 4 is 28.9 Å². The Morgan fingerprint density at radius 2 is 1.50 bits per heavy atom. The molecule has 3 nitrogen and oxygen atoms in total. The second-order valence-corrected chi connectivity index (χ2v) is 5.64. The van der Waals surface area contributed by atoms with Gasteiger partial charge in [0.15, 0.2) is 0 Å². The number of carbonyl (C=O) groups excluding carboxylic acids is 2. The van der Waals surface area contributed by atoms with E-state index in [1.807, 2.05) is 32.0 Å². The second-order valence-electron chi connectivity index (χ2n) is 5.27. The summed E-state index contributed by atoms with van der Waals surface area (Å²) in [4.78, 5) is 24.9. The van der Waals surface area contributed by atoms with Gasteiger partial charge in [-0.15, -0.1) is 0 Å². The lowest BCUT2D eigenvalue weighted by Crippen LogP contribution is -2.24. The lowest BCUT2D eigenvalue weighted by molar-refractivity contribution is 0.0982. The van der Waals surface area contributed by atoms with Gasteiger partial charge in [-0.05, 0) is 31.0 Å². The van der Waals surface area contributed by atoms with Crippen LogP contribution in [0, 0.1) is 13.8 Å². The zero-order chi connectivity index (χ0) is 15.9. The molecule has 0 aromatic heterocycles. The number of anilines is 1. The van der Waals surface area contributed by atoms with Crippen molar-refractivity contribution in [3.8, 4) is 0 Å². The Hall–Kier alpha value is -2.39. The Morgan fingerprint density at radius 1 is 0.864 bits per heavy atom. The normalized spacial score (nSPS) is 14.1. The molecule has 0 amide bonds. The fourth-order valence-corrected chi connectivity index (χ4v) is 2.71. The van der Waals surface area contributed by atoms with Crippen molar-refractivity contribution in [3.05, 3.63) is 75.4 Å². The third-order valence-electron chi connectivity index (χ3n) is 3.93. The number of benzene rings is 2. The number of allylic oxidation sites excluding steroid dienone is 2. The largest absolute Gasteiger partial charge is 0.351 e. The number of halogens is 1. The molecule has 22 heavy (non-hydrogen) atoms. The topological polar surface area (TPSA) is 46.2 Å². The standard InChI is InChI=1S/C18H14ClNO2/c1-10-6-5-9-14(11(10)2)20-16-15(19)17(21)12-7-3-4-8-13(12)18(16)22/h3-9,20H,1-2H3. The molecule has 1 aliphatic rings. The minimum atomic E-state index is -0.329. The van der Waals surface area contributed by atoms with E-state index in [2.05, 4.69) is 5.32 Å². The third-order valence-corrected chi connectivity index (χ3v) is 4.29. The molecule has 0 bridgehead atoms. The quantitative estimate of drug-likeness (QED) is 0.902. The highest BCUT2D eigenvalue weighted by Gasteiger charge is 2.31. The monoisotopic (exact) mass is 311 g/mol. The van der Waals surface area contributed by atoms with Gasteiger partial charge in [0.2, 0.25) is 11.6 Å². The third kappa shape index (κ3) is 2.24. The van der Waals surface area contributed by atoms with E-state index in [4.69, 9.17) is 11.6 Å². The summed E-state index contributed by atoms with van der Waals surface area (Å²) in [6, 6.07) is 12.5. The van der Waals surface area contributed by atoms with Crippen molar-refractivity contribution in [2.45, 2.75) is 13.8 Å². The molecule has 2 aromatic rings. The molecule has 0 heterocycles. The van der Waals surface area contributed by atoms with Gasteiger partial charge in [0.05, 0.1) is 0 Å². The van der Waals surface area contributed by atoms with Crippen LogP contribution in [0.3, 0.4) is 0 Å². The number of hydrogen-bond acceptors (Lipinski definition) is 3. The molecule has 0 aliphatic heterocycles. The van der Waals surface area contributed by atoms with Crippen molar-refractivity contribution in [2.75, 3.05) is 5.32 Å². The Bertz CT molecular complexity index is 837. The molecule has 0 unspecified atom stereocenters. The number of rotatable bonds is 2. The minimum Gasteiger partial charge on any atom is -0.351 e. The first-order valence-electron chi connectivity index (χ1n) is 6.92. The number of nitrogens with one attached hydrogen (secondary N) is 1. The zero-order valence-corrected chi connectivity index (χ0v) is 13.0. The number of Topliss-reactive ketones (excluding diaryl/α,β-unsaturated/α-hetero) is 2. The number of ketones is 2. The molecule has 0 saturated carbocycles. The first-order chi connectivity index (χ1) is 10.5. The number of aryl methyl sites for hydroxylation is 1. The molecule has 110 valence electrons. The smallest absolute Gasteiger partial charge is 0.211 e. The predicted molar refractivity (Wildman–Crippen MR) is 87.5 cm³/mol. The van der Waals surface area contributed by atoms with Crippen LogP contribution in [0.15, 0.2) is 53.2 Å². The number of hydrogen-bond donors (Lipinski definition) is 1. The lowest BCUT2D eigenvalue weighted by atomic mass is 9.92. The van der Waals surface area contributed by atoms with Crippen molar-refractivity contribution in [1.29, 1.82) is 0 Å². The van der Waals surface area contributed by atoms with Gasteiger partial charge in [0.25, 0.3) is 0 Å². The van der Waals surface area contributed by atoms with E-state index < -0.39 is 0 Å². The molecule has 2 aromatic carbocycles. The second kappa shape index (κ2) is 5.43. The van der Waals surface area contributed by atoms with Crippen LogP contribution in [0.4, 0.5) is 5.69 Å². The van der Waals surface area contributed by atoms with Gasteiger partial charge >= 0.3 is 0 Å². The van der Waals surface area contributed by atoms with E-state index in [0.717, 1.165) is 16.8 Å². The van der Waals surface area contributed by atoms with Crippen LogP contribution in [0.2, 0.25) is 0 Å². The Morgan fingerprint density at radius 3 is 2.18 bits per heavy atom. The van der Waals surface area contributed by atoms with Crippen LogP contribution in [0.1, 0.15) is 31.8 Å². The molecule has 0 atom stereocenters. The van der Waals surface area contributed by atoms with Gasteiger partial charge in [-0.2, -0.15) is 0 Å². The maximum atomic E-state index is 12.6. The van der Waals surface area contributed by atoms with E-state index in [0.29, 0.717) is 11.1 Å². The highest BCUT2D eigenvalue weighted by atomic mass is 35.5. The summed E-state index contributed by atoms with van der Waals surface area (Å²) < 4.78 is 0. The van der Waals surface area contributed by atoms with Crippen molar-refractivity contribution in [2.24, 2.45) is 0 Å². The highest BCUT2D eigenvalue weighted by molar-refractivity contribution is 6.50. The Labute approximate surface area is 133 Å². The van der Waals surface area contributed by atoms with E-state index in [9.17, 15) is 9.59 Å². The molecule has 1 aliphatic carbocycles. The van der Waals surface area contributed by atoms with Gasteiger partial charge < -0.3 is 5.32 Å². The Kier molecular flexibility index (Phi) is 3.59. The molecule has 4 heteroatoms. The molecule has 0 radical (unpaired) electrons.